The lowest BCUT2D eigenvalue weighted by molar-refractivity contribution is 0.397. The topological polar surface area (TPSA) is 58.5 Å². The fourth-order valence-corrected chi connectivity index (χ4v) is 2.03. The molecule has 2 rings (SSSR count). The minimum absolute atomic E-state index is 0. The molecule has 0 amide bonds. The van der Waals surface area contributed by atoms with Crippen LogP contribution in [0.1, 0.15) is 23.6 Å². The number of nitrogens with one attached hydrogen (secondary N) is 2. The summed E-state index contributed by atoms with van der Waals surface area (Å²) in [6, 6.07) is 12.3. The first kappa shape index (κ1) is 20.2. The maximum atomic E-state index is 5.06. The summed E-state index contributed by atoms with van der Waals surface area (Å²) in [5.74, 6) is 1.41. The molecule has 6 heteroatoms. The number of rotatable bonds is 6. The molecule has 0 aliphatic heterocycles. The molecule has 2 N–H and O–H groups in total. The third-order valence-electron chi connectivity index (χ3n) is 3.35. The van der Waals surface area contributed by atoms with E-state index in [-0.39, 0.29) is 24.0 Å². The van der Waals surface area contributed by atoms with Gasteiger partial charge < -0.3 is 15.4 Å². The number of methoxy groups -OCH3 is 1. The normalized spacial score (nSPS) is 10.7. The number of pyridine rings is 1. The van der Waals surface area contributed by atoms with Gasteiger partial charge in [0.2, 0.25) is 5.88 Å². The molecule has 1 heterocycles. The molecule has 0 spiro atoms. The Morgan fingerprint density at radius 1 is 1.08 bits per heavy atom. The number of nitrogens with zero attached hydrogens (tertiary/aromatic N) is 2. The SMILES string of the molecule is CCNC(=NCc1ccc(OC)nc1)NCc1ccc(C)cc1.I. The lowest BCUT2D eigenvalue weighted by Crippen LogP contribution is -2.36. The molecular formula is C18H25IN4O. The van der Waals surface area contributed by atoms with Crippen molar-refractivity contribution >= 4 is 29.9 Å². The van der Waals surface area contributed by atoms with Gasteiger partial charge in [-0.3, -0.25) is 0 Å². The third kappa shape index (κ3) is 6.74. The summed E-state index contributed by atoms with van der Waals surface area (Å²) >= 11 is 0. The van der Waals surface area contributed by atoms with E-state index < -0.39 is 0 Å². The standard InChI is InChI=1S/C18H24N4O.HI/c1-4-19-18(21-11-15-7-5-14(2)6-8-15)22-13-16-9-10-17(23-3)20-12-16;/h5-10,12H,4,11,13H2,1-3H3,(H2,19,21,22);1H. The van der Waals surface area contributed by atoms with E-state index in [4.69, 9.17) is 4.74 Å². The first-order valence-electron chi connectivity index (χ1n) is 7.78. The molecule has 0 aliphatic rings. The number of hydrogen-bond donors (Lipinski definition) is 2. The van der Waals surface area contributed by atoms with Crippen molar-refractivity contribution in [2.45, 2.75) is 26.9 Å². The van der Waals surface area contributed by atoms with E-state index in [1.165, 1.54) is 11.1 Å². The average molecular weight is 440 g/mol. The van der Waals surface area contributed by atoms with Crippen LogP contribution in [0, 0.1) is 6.92 Å². The van der Waals surface area contributed by atoms with Crippen LogP contribution in [0.25, 0.3) is 0 Å². The van der Waals surface area contributed by atoms with Crippen molar-refractivity contribution in [1.82, 2.24) is 15.6 Å². The van der Waals surface area contributed by atoms with E-state index in [1.807, 2.05) is 12.1 Å². The zero-order chi connectivity index (χ0) is 16.5. The van der Waals surface area contributed by atoms with Gasteiger partial charge in [-0.05, 0) is 25.0 Å². The van der Waals surface area contributed by atoms with E-state index >= 15 is 0 Å². The van der Waals surface area contributed by atoms with Crippen molar-refractivity contribution in [1.29, 1.82) is 0 Å². The van der Waals surface area contributed by atoms with Crippen LogP contribution < -0.4 is 15.4 Å². The van der Waals surface area contributed by atoms with Crippen molar-refractivity contribution in [3.05, 3.63) is 59.3 Å². The summed E-state index contributed by atoms with van der Waals surface area (Å²) in [4.78, 5) is 8.78. The highest BCUT2D eigenvalue weighted by Gasteiger charge is 2.00. The van der Waals surface area contributed by atoms with Gasteiger partial charge in [0.15, 0.2) is 5.96 Å². The molecule has 1 aromatic heterocycles. The average Bonchev–Trinajstić information content (AvgIpc) is 2.59. The Balaban J connectivity index is 0.00000288. The van der Waals surface area contributed by atoms with Gasteiger partial charge in [-0.1, -0.05) is 35.9 Å². The molecule has 0 aliphatic carbocycles. The number of guanidine groups is 1. The summed E-state index contributed by atoms with van der Waals surface area (Å²) in [6.45, 7) is 6.28. The Labute approximate surface area is 161 Å². The minimum atomic E-state index is 0. The van der Waals surface area contributed by atoms with Crippen LogP contribution in [0.3, 0.4) is 0 Å². The summed E-state index contributed by atoms with van der Waals surface area (Å²) in [5.41, 5.74) is 3.53. The number of aryl methyl sites for hydroxylation is 1. The molecule has 0 bridgehead atoms. The quantitative estimate of drug-likeness (QED) is 0.411. The highest BCUT2D eigenvalue weighted by Crippen LogP contribution is 2.07. The van der Waals surface area contributed by atoms with Crippen molar-refractivity contribution in [3.63, 3.8) is 0 Å². The van der Waals surface area contributed by atoms with Gasteiger partial charge in [0.25, 0.3) is 0 Å². The molecule has 0 atom stereocenters. The van der Waals surface area contributed by atoms with Crippen molar-refractivity contribution in [3.8, 4) is 5.88 Å². The molecule has 5 nitrogen and oxygen atoms in total. The van der Waals surface area contributed by atoms with E-state index in [2.05, 4.69) is 58.7 Å². The highest BCUT2D eigenvalue weighted by atomic mass is 127. The first-order valence-corrected chi connectivity index (χ1v) is 7.78. The minimum Gasteiger partial charge on any atom is -0.481 e. The van der Waals surface area contributed by atoms with Crippen molar-refractivity contribution < 1.29 is 4.74 Å². The van der Waals surface area contributed by atoms with Crippen LogP contribution in [0.15, 0.2) is 47.6 Å². The Hall–Kier alpha value is -1.83. The molecule has 130 valence electrons. The molecule has 1 aromatic carbocycles. The lowest BCUT2D eigenvalue weighted by atomic mass is 10.1. The van der Waals surface area contributed by atoms with Crippen LogP contribution in [0.4, 0.5) is 0 Å². The van der Waals surface area contributed by atoms with Gasteiger partial charge >= 0.3 is 0 Å². The van der Waals surface area contributed by atoms with Crippen LogP contribution in [0.2, 0.25) is 0 Å². The van der Waals surface area contributed by atoms with E-state index in [1.54, 1.807) is 13.3 Å². The van der Waals surface area contributed by atoms with Gasteiger partial charge in [-0.15, -0.1) is 24.0 Å². The van der Waals surface area contributed by atoms with Crippen LogP contribution in [0.5, 0.6) is 5.88 Å². The fraction of sp³-hybridized carbons (Fsp3) is 0.333. The van der Waals surface area contributed by atoms with Gasteiger partial charge in [0, 0.05) is 25.4 Å². The van der Waals surface area contributed by atoms with Crippen LogP contribution in [-0.4, -0.2) is 24.6 Å². The molecule has 24 heavy (non-hydrogen) atoms. The van der Waals surface area contributed by atoms with Crippen molar-refractivity contribution in [2.75, 3.05) is 13.7 Å². The summed E-state index contributed by atoms with van der Waals surface area (Å²) in [7, 11) is 1.61. The van der Waals surface area contributed by atoms with Crippen LogP contribution in [-0.2, 0) is 13.1 Å². The number of aromatic nitrogens is 1. The number of aliphatic imine (C=N–C) groups is 1. The van der Waals surface area contributed by atoms with Gasteiger partial charge in [0.1, 0.15) is 0 Å². The second-order valence-corrected chi connectivity index (χ2v) is 5.24. The molecular weight excluding hydrogens is 415 g/mol. The van der Waals surface area contributed by atoms with Gasteiger partial charge in [-0.25, -0.2) is 9.98 Å². The fourth-order valence-electron chi connectivity index (χ4n) is 2.03. The monoisotopic (exact) mass is 440 g/mol. The van der Waals surface area contributed by atoms with E-state index in [0.29, 0.717) is 12.4 Å². The largest absolute Gasteiger partial charge is 0.481 e. The molecule has 2 aromatic rings. The number of benzene rings is 1. The van der Waals surface area contributed by atoms with E-state index in [0.717, 1.165) is 24.6 Å². The Morgan fingerprint density at radius 2 is 1.79 bits per heavy atom. The maximum absolute atomic E-state index is 5.06. The first-order chi connectivity index (χ1) is 11.2. The summed E-state index contributed by atoms with van der Waals surface area (Å²) < 4.78 is 5.06. The maximum Gasteiger partial charge on any atom is 0.212 e. The van der Waals surface area contributed by atoms with Crippen molar-refractivity contribution in [2.24, 2.45) is 4.99 Å². The van der Waals surface area contributed by atoms with Gasteiger partial charge in [-0.2, -0.15) is 0 Å². The summed E-state index contributed by atoms with van der Waals surface area (Å²) in [6.07, 6.45) is 1.78. The second kappa shape index (κ2) is 10.9. The predicted octanol–water partition coefficient (Wildman–Crippen LogP) is 3.27. The van der Waals surface area contributed by atoms with E-state index in [9.17, 15) is 0 Å². The highest BCUT2D eigenvalue weighted by molar-refractivity contribution is 14.0. The second-order valence-electron chi connectivity index (χ2n) is 5.24. The number of ether oxygens (including phenoxy) is 1. The Bertz CT molecular complexity index is 626. The molecule has 0 fully saturated rings. The van der Waals surface area contributed by atoms with Crippen LogP contribution >= 0.6 is 24.0 Å². The smallest absolute Gasteiger partial charge is 0.212 e. The lowest BCUT2D eigenvalue weighted by Gasteiger charge is -2.11. The summed E-state index contributed by atoms with van der Waals surface area (Å²) in [5, 5.41) is 6.59. The molecule has 0 saturated carbocycles. The molecule has 0 saturated heterocycles. The third-order valence-corrected chi connectivity index (χ3v) is 3.35. The predicted molar refractivity (Wildman–Crippen MR) is 109 cm³/mol. The van der Waals surface area contributed by atoms with Gasteiger partial charge in [0.05, 0.1) is 13.7 Å². The zero-order valence-electron chi connectivity index (χ0n) is 14.4. The Morgan fingerprint density at radius 3 is 2.38 bits per heavy atom. The number of hydrogen-bond acceptors (Lipinski definition) is 3. The molecule has 0 radical (unpaired) electrons. The number of halogens is 1. The Kier molecular flexibility index (Phi) is 9.14. The molecule has 0 unspecified atom stereocenters. The zero-order valence-corrected chi connectivity index (χ0v) is 16.7.